The maximum absolute atomic E-state index is 4.59. The number of rotatable bonds is 4. The van der Waals surface area contributed by atoms with Gasteiger partial charge in [-0.3, -0.25) is 4.98 Å². The molecule has 0 aliphatic carbocycles. The highest BCUT2D eigenvalue weighted by molar-refractivity contribution is 7.11. The molecule has 0 aliphatic heterocycles. The SMILES string of the molecule is CCNC(c1cnc2ccccc2c1)c1sc(C)nc1C. The van der Waals surface area contributed by atoms with Crippen molar-refractivity contribution in [3.8, 4) is 0 Å². The van der Waals surface area contributed by atoms with Gasteiger partial charge in [0.15, 0.2) is 0 Å². The molecule has 4 heteroatoms. The molecule has 1 unspecified atom stereocenters. The van der Waals surface area contributed by atoms with E-state index in [1.54, 1.807) is 11.3 Å². The molecule has 3 nitrogen and oxygen atoms in total. The summed E-state index contributed by atoms with van der Waals surface area (Å²) in [5.74, 6) is 0. The molecule has 3 aromatic rings. The monoisotopic (exact) mass is 297 g/mol. The summed E-state index contributed by atoms with van der Waals surface area (Å²) in [6.07, 6.45) is 1.98. The highest BCUT2D eigenvalue weighted by atomic mass is 32.1. The Morgan fingerprint density at radius 1 is 1.24 bits per heavy atom. The number of nitrogens with zero attached hydrogens (tertiary/aromatic N) is 2. The molecule has 3 rings (SSSR count). The second-order valence-electron chi connectivity index (χ2n) is 5.13. The van der Waals surface area contributed by atoms with Crippen molar-refractivity contribution in [3.05, 3.63) is 57.7 Å². The first kappa shape index (κ1) is 14.2. The Balaban J connectivity index is 2.08. The van der Waals surface area contributed by atoms with Crippen LogP contribution in [0.2, 0.25) is 0 Å². The number of hydrogen-bond acceptors (Lipinski definition) is 4. The number of aromatic nitrogens is 2. The summed E-state index contributed by atoms with van der Waals surface area (Å²) in [6.45, 7) is 7.18. The third-order valence-electron chi connectivity index (χ3n) is 3.55. The molecule has 1 N–H and O–H groups in total. The zero-order chi connectivity index (χ0) is 14.8. The molecule has 2 heterocycles. The van der Waals surface area contributed by atoms with E-state index in [0.717, 1.165) is 22.8 Å². The number of nitrogens with one attached hydrogen (secondary N) is 1. The van der Waals surface area contributed by atoms with Gasteiger partial charge in [0, 0.05) is 16.5 Å². The van der Waals surface area contributed by atoms with Crippen molar-refractivity contribution < 1.29 is 0 Å². The first-order valence-corrected chi connectivity index (χ1v) is 8.02. The number of pyridine rings is 1. The number of hydrogen-bond donors (Lipinski definition) is 1. The molecule has 0 saturated carbocycles. The number of benzene rings is 1. The van der Waals surface area contributed by atoms with Crippen LogP contribution in [0.1, 0.15) is 34.1 Å². The Hall–Kier alpha value is -1.78. The van der Waals surface area contributed by atoms with E-state index >= 15 is 0 Å². The van der Waals surface area contributed by atoms with E-state index in [1.807, 2.05) is 18.3 Å². The lowest BCUT2D eigenvalue weighted by molar-refractivity contribution is 0.634. The Kier molecular flexibility index (Phi) is 3.99. The van der Waals surface area contributed by atoms with E-state index < -0.39 is 0 Å². The lowest BCUT2D eigenvalue weighted by Gasteiger charge is -2.17. The van der Waals surface area contributed by atoms with Gasteiger partial charge in [-0.1, -0.05) is 25.1 Å². The van der Waals surface area contributed by atoms with Crippen LogP contribution in [0.4, 0.5) is 0 Å². The second-order valence-corrected chi connectivity index (χ2v) is 6.37. The standard InChI is InChI=1S/C17H19N3S/c1-4-18-16(17-11(2)20-12(3)21-17)14-9-13-7-5-6-8-15(13)19-10-14/h5-10,16,18H,4H2,1-3H3. The summed E-state index contributed by atoms with van der Waals surface area (Å²) in [6, 6.07) is 10.6. The van der Waals surface area contributed by atoms with E-state index in [0.29, 0.717) is 0 Å². The van der Waals surface area contributed by atoms with Gasteiger partial charge in [0.1, 0.15) is 0 Å². The van der Waals surface area contributed by atoms with Crippen molar-refractivity contribution in [3.63, 3.8) is 0 Å². The molecule has 0 saturated heterocycles. The summed E-state index contributed by atoms with van der Waals surface area (Å²) in [5, 5.41) is 5.85. The van der Waals surface area contributed by atoms with Crippen LogP contribution >= 0.6 is 11.3 Å². The number of thiazole rings is 1. The van der Waals surface area contributed by atoms with Crippen LogP contribution in [0, 0.1) is 13.8 Å². The molecule has 21 heavy (non-hydrogen) atoms. The predicted molar refractivity (Wildman–Crippen MR) is 88.9 cm³/mol. The van der Waals surface area contributed by atoms with Crippen molar-refractivity contribution in [1.82, 2.24) is 15.3 Å². The van der Waals surface area contributed by atoms with Crippen LogP contribution in [0.15, 0.2) is 36.5 Å². The molecule has 108 valence electrons. The molecule has 0 radical (unpaired) electrons. The average Bonchev–Trinajstić information content (AvgIpc) is 2.83. The minimum absolute atomic E-state index is 0.165. The lowest BCUT2D eigenvalue weighted by Crippen LogP contribution is -2.22. The van der Waals surface area contributed by atoms with Crippen LogP contribution in [-0.2, 0) is 0 Å². The molecule has 1 aromatic carbocycles. The zero-order valence-corrected chi connectivity index (χ0v) is 13.4. The minimum atomic E-state index is 0.165. The Bertz CT molecular complexity index is 764. The van der Waals surface area contributed by atoms with Gasteiger partial charge in [-0.25, -0.2) is 4.98 Å². The molecule has 0 aliphatic rings. The van der Waals surface area contributed by atoms with E-state index in [9.17, 15) is 0 Å². The lowest BCUT2D eigenvalue weighted by atomic mass is 10.0. The molecule has 1 atom stereocenters. The van der Waals surface area contributed by atoms with Gasteiger partial charge < -0.3 is 5.32 Å². The number of fused-ring (bicyclic) bond motifs is 1. The van der Waals surface area contributed by atoms with Gasteiger partial charge in [0.2, 0.25) is 0 Å². The van der Waals surface area contributed by atoms with Gasteiger partial charge in [0.05, 0.1) is 22.3 Å². The molecule has 0 bridgehead atoms. The normalized spacial score (nSPS) is 12.7. The van der Waals surface area contributed by atoms with Crippen molar-refractivity contribution in [2.45, 2.75) is 26.8 Å². The first-order valence-electron chi connectivity index (χ1n) is 7.21. The van der Waals surface area contributed by atoms with Crippen molar-refractivity contribution in [1.29, 1.82) is 0 Å². The van der Waals surface area contributed by atoms with Crippen LogP contribution < -0.4 is 5.32 Å². The fraction of sp³-hybridized carbons (Fsp3) is 0.294. The van der Waals surface area contributed by atoms with E-state index in [2.05, 4.69) is 54.3 Å². The van der Waals surface area contributed by atoms with E-state index in [-0.39, 0.29) is 6.04 Å². The van der Waals surface area contributed by atoms with Gasteiger partial charge in [-0.05, 0) is 38.1 Å². The van der Waals surface area contributed by atoms with Crippen LogP contribution in [0.25, 0.3) is 10.9 Å². The highest BCUT2D eigenvalue weighted by Gasteiger charge is 2.19. The summed E-state index contributed by atoms with van der Waals surface area (Å²) >= 11 is 1.76. The van der Waals surface area contributed by atoms with Gasteiger partial charge >= 0.3 is 0 Å². The molecular formula is C17H19N3S. The third kappa shape index (κ3) is 2.82. The maximum Gasteiger partial charge on any atom is 0.0900 e. The summed E-state index contributed by atoms with van der Waals surface area (Å²) in [7, 11) is 0. The third-order valence-corrected chi connectivity index (χ3v) is 4.69. The van der Waals surface area contributed by atoms with Crippen LogP contribution in [0.3, 0.4) is 0 Å². The van der Waals surface area contributed by atoms with Crippen LogP contribution in [0.5, 0.6) is 0 Å². The second kappa shape index (κ2) is 5.92. The Morgan fingerprint density at radius 2 is 2.05 bits per heavy atom. The highest BCUT2D eigenvalue weighted by Crippen LogP contribution is 2.30. The fourth-order valence-electron chi connectivity index (χ4n) is 2.63. The minimum Gasteiger partial charge on any atom is -0.306 e. The summed E-state index contributed by atoms with van der Waals surface area (Å²) in [5.41, 5.74) is 3.34. The Labute approximate surface area is 129 Å². The largest absolute Gasteiger partial charge is 0.306 e. The first-order chi connectivity index (χ1) is 10.2. The maximum atomic E-state index is 4.59. The predicted octanol–water partition coefficient (Wildman–Crippen LogP) is 4.01. The summed E-state index contributed by atoms with van der Waals surface area (Å²) in [4.78, 5) is 10.4. The molecule has 0 amide bonds. The Morgan fingerprint density at radius 3 is 2.76 bits per heavy atom. The molecule has 0 fully saturated rings. The van der Waals surface area contributed by atoms with E-state index in [1.165, 1.54) is 15.8 Å². The molecule has 2 aromatic heterocycles. The number of para-hydroxylation sites is 1. The van der Waals surface area contributed by atoms with Crippen molar-refractivity contribution in [2.75, 3.05) is 6.54 Å². The van der Waals surface area contributed by atoms with Crippen molar-refractivity contribution >= 4 is 22.2 Å². The molecule has 0 spiro atoms. The van der Waals surface area contributed by atoms with Gasteiger partial charge in [-0.2, -0.15) is 0 Å². The average molecular weight is 297 g/mol. The van der Waals surface area contributed by atoms with Crippen molar-refractivity contribution in [2.24, 2.45) is 0 Å². The van der Waals surface area contributed by atoms with Gasteiger partial charge in [-0.15, -0.1) is 11.3 Å². The topological polar surface area (TPSA) is 37.8 Å². The zero-order valence-electron chi connectivity index (χ0n) is 12.6. The smallest absolute Gasteiger partial charge is 0.0900 e. The quantitative estimate of drug-likeness (QED) is 0.790. The molecular weight excluding hydrogens is 278 g/mol. The number of aryl methyl sites for hydroxylation is 2. The fourth-order valence-corrected chi connectivity index (χ4v) is 3.66. The summed E-state index contributed by atoms with van der Waals surface area (Å²) < 4.78 is 0. The van der Waals surface area contributed by atoms with Crippen LogP contribution in [-0.4, -0.2) is 16.5 Å². The van der Waals surface area contributed by atoms with E-state index in [4.69, 9.17) is 0 Å². The van der Waals surface area contributed by atoms with Gasteiger partial charge in [0.25, 0.3) is 0 Å².